The first kappa shape index (κ1) is 24.6. The highest BCUT2D eigenvalue weighted by Gasteiger charge is 2.45. The number of hydrogen-bond donors (Lipinski definition) is 1. The van der Waals surface area contributed by atoms with E-state index in [1.54, 1.807) is 6.08 Å². The molecule has 0 fully saturated rings. The molecule has 0 aliphatic carbocycles. The summed E-state index contributed by atoms with van der Waals surface area (Å²) in [7, 11) is 0. The molecule has 1 N–H and O–H groups in total. The minimum absolute atomic E-state index is 0.0996. The van der Waals surface area contributed by atoms with E-state index in [-0.39, 0.29) is 10.7 Å². The van der Waals surface area contributed by atoms with Crippen LogP contribution in [0.15, 0.2) is 107 Å². The second-order valence-electron chi connectivity index (χ2n) is 8.12. The third-order valence-electron chi connectivity index (χ3n) is 5.69. The minimum Gasteiger partial charge on any atom is -0.503 e. The zero-order chi connectivity index (χ0) is 25.8. The van der Waals surface area contributed by atoms with Crippen LogP contribution < -0.4 is 4.90 Å². The Balaban J connectivity index is 1.46. The van der Waals surface area contributed by atoms with Crippen LogP contribution in [0.25, 0.3) is 6.08 Å². The van der Waals surface area contributed by atoms with Crippen molar-refractivity contribution in [2.24, 2.45) is 0 Å². The van der Waals surface area contributed by atoms with Crippen molar-refractivity contribution < 1.29 is 19.1 Å². The van der Waals surface area contributed by atoms with Gasteiger partial charge in [0.15, 0.2) is 15.9 Å². The average molecular weight is 530 g/mol. The molecule has 0 saturated carbocycles. The van der Waals surface area contributed by atoms with Crippen LogP contribution in [-0.4, -0.2) is 27.0 Å². The van der Waals surface area contributed by atoms with Crippen molar-refractivity contribution in [1.29, 1.82) is 0 Å². The molecule has 1 aliphatic rings. The number of aliphatic hydroxyl groups excluding tert-OH is 1. The van der Waals surface area contributed by atoms with Crippen molar-refractivity contribution in [1.82, 2.24) is 10.2 Å². The molecule has 37 heavy (non-hydrogen) atoms. The highest BCUT2D eigenvalue weighted by Crippen LogP contribution is 2.43. The smallest absolute Gasteiger partial charge is 0.296 e. The Labute approximate surface area is 220 Å². The average Bonchev–Trinajstić information content (AvgIpc) is 3.50. The first-order chi connectivity index (χ1) is 18.0. The van der Waals surface area contributed by atoms with Gasteiger partial charge in [0.2, 0.25) is 5.13 Å². The number of aromatic nitrogens is 2. The first-order valence-electron chi connectivity index (χ1n) is 11.3. The number of benzene rings is 3. The summed E-state index contributed by atoms with van der Waals surface area (Å²) in [6.45, 7) is 0. The van der Waals surface area contributed by atoms with Gasteiger partial charge in [0.05, 0.1) is 11.6 Å². The lowest BCUT2D eigenvalue weighted by Crippen LogP contribution is -2.30. The maximum absolute atomic E-state index is 13.7. The van der Waals surface area contributed by atoms with E-state index < -0.39 is 29.3 Å². The van der Waals surface area contributed by atoms with Gasteiger partial charge in [0, 0.05) is 5.75 Å². The maximum atomic E-state index is 13.7. The number of allylic oxidation sites excluding steroid dienone is 1. The van der Waals surface area contributed by atoms with Crippen molar-refractivity contribution in [2.75, 3.05) is 4.90 Å². The van der Waals surface area contributed by atoms with Gasteiger partial charge >= 0.3 is 0 Å². The van der Waals surface area contributed by atoms with Gasteiger partial charge in [0.1, 0.15) is 5.82 Å². The molecular weight excluding hydrogens is 509 g/mol. The summed E-state index contributed by atoms with van der Waals surface area (Å²) in [6, 6.07) is 23.5. The standard InChI is InChI=1S/C28H20FN3O3S2/c29-21-14-12-20(13-15-21)24-23(22(33)16-11-18-7-3-1-4-8-18)25(34)26(35)32(24)27-30-31-28(37-27)36-17-19-9-5-2-6-10-19/h1-16,24,34H,17H2/b16-11+. The van der Waals surface area contributed by atoms with Gasteiger partial charge in [-0.25, -0.2) is 4.39 Å². The van der Waals surface area contributed by atoms with Crippen LogP contribution in [0.2, 0.25) is 0 Å². The molecule has 5 rings (SSSR count). The molecule has 9 heteroatoms. The highest BCUT2D eigenvalue weighted by molar-refractivity contribution is 8.00. The van der Waals surface area contributed by atoms with Crippen LogP contribution in [0.4, 0.5) is 9.52 Å². The summed E-state index contributed by atoms with van der Waals surface area (Å²) in [5, 5.41) is 19.4. The second-order valence-corrected chi connectivity index (χ2v) is 10.3. The number of rotatable bonds is 8. The van der Waals surface area contributed by atoms with E-state index in [2.05, 4.69) is 10.2 Å². The Morgan fingerprint density at radius 2 is 1.68 bits per heavy atom. The predicted molar refractivity (Wildman–Crippen MR) is 143 cm³/mol. The molecule has 0 spiro atoms. The number of nitrogens with zero attached hydrogens (tertiary/aromatic N) is 3. The third kappa shape index (κ3) is 5.37. The number of aliphatic hydroxyl groups is 1. The van der Waals surface area contributed by atoms with Crippen LogP contribution in [0.3, 0.4) is 0 Å². The predicted octanol–water partition coefficient (Wildman–Crippen LogP) is 6.15. The molecule has 0 saturated heterocycles. The molecule has 1 unspecified atom stereocenters. The number of hydrogen-bond acceptors (Lipinski definition) is 7. The van der Waals surface area contributed by atoms with Gasteiger partial charge in [-0.1, -0.05) is 102 Å². The molecule has 6 nitrogen and oxygen atoms in total. The maximum Gasteiger partial charge on any atom is 0.296 e. The molecule has 0 bridgehead atoms. The van der Waals surface area contributed by atoms with Crippen molar-refractivity contribution in [3.8, 4) is 0 Å². The van der Waals surface area contributed by atoms with Crippen LogP contribution >= 0.6 is 23.1 Å². The van der Waals surface area contributed by atoms with Crippen molar-refractivity contribution >= 4 is 46.0 Å². The largest absolute Gasteiger partial charge is 0.503 e. The summed E-state index contributed by atoms with van der Waals surface area (Å²) < 4.78 is 14.3. The van der Waals surface area contributed by atoms with E-state index in [9.17, 15) is 19.1 Å². The summed E-state index contributed by atoms with van der Waals surface area (Å²) in [5.74, 6) is -1.75. The van der Waals surface area contributed by atoms with Gasteiger partial charge in [-0.05, 0) is 34.9 Å². The van der Waals surface area contributed by atoms with Gasteiger partial charge in [-0.3, -0.25) is 14.5 Å². The summed E-state index contributed by atoms with van der Waals surface area (Å²) in [4.78, 5) is 27.8. The number of thioether (sulfide) groups is 1. The lowest BCUT2D eigenvalue weighted by atomic mass is 9.96. The number of ketones is 1. The minimum atomic E-state index is -0.985. The summed E-state index contributed by atoms with van der Waals surface area (Å²) in [5.41, 5.74) is 2.27. The van der Waals surface area contributed by atoms with E-state index in [1.165, 1.54) is 58.3 Å². The van der Waals surface area contributed by atoms with Gasteiger partial charge in [0.25, 0.3) is 5.91 Å². The number of anilines is 1. The Morgan fingerprint density at radius 1 is 1.00 bits per heavy atom. The Morgan fingerprint density at radius 3 is 2.38 bits per heavy atom. The first-order valence-corrected chi connectivity index (χ1v) is 13.1. The topological polar surface area (TPSA) is 83.4 Å². The quantitative estimate of drug-likeness (QED) is 0.167. The Kier molecular flexibility index (Phi) is 7.25. The molecule has 1 amide bonds. The molecule has 4 aromatic rings. The fourth-order valence-corrected chi connectivity index (χ4v) is 5.74. The third-order valence-corrected chi connectivity index (χ3v) is 7.82. The normalized spacial score (nSPS) is 15.6. The molecule has 0 radical (unpaired) electrons. The van der Waals surface area contributed by atoms with Crippen molar-refractivity contribution in [3.63, 3.8) is 0 Å². The fourth-order valence-electron chi connectivity index (χ4n) is 3.92. The second kappa shape index (κ2) is 10.9. The van der Waals surface area contributed by atoms with E-state index in [4.69, 9.17) is 0 Å². The highest BCUT2D eigenvalue weighted by atomic mass is 32.2. The Bertz CT molecular complexity index is 1490. The number of halogens is 1. The van der Waals surface area contributed by atoms with Gasteiger partial charge in [-0.2, -0.15) is 0 Å². The van der Waals surface area contributed by atoms with E-state index in [0.29, 0.717) is 15.7 Å². The Hall–Kier alpha value is -4.08. The molecule has 1 aliphatic heterocycles. The lowest BCUT2D eigenvalue weighted by molar-refractivity contribution is -0.117. The van der Waals surface area contributed by atoms with Crippen LogP contribution in [-0.2, 0) is 15.3 Å². The van der Waals surface area contributed by atoms with E-state index in [1.807, 2.05) is 60.7 Å². The van der Waals surface area contributed by atoms with Crippen LogP contribution in [0.5, 0.6) is 0 Å². The van der Waals surface area contributed by atoms with Crippen LogP contribution in [0, 0.1) is 5.82 Å². The van der Waals surface area contributed by atoms with Crippen molar-refractivity contribution in [2.45, 2.75) is 16.1 Å². The number of carbonyl (C=O) groups excluding carboxylic acids is 2. The van der Waals surface area contributed by atoms with E-state index in [0.717, 1.165) is 11.1 Å². The van der Waals surface area contributed by atoms with Gasteiger partial charge in [-0.15, -0.1) is 10.2 Å². The number of amides is 1. The molecule has 1 atom stereocenters. The van der Waals surface area contributed by atoms with E-state index >= 15 is 0 Å². The van der Waals surface area contributed by atoms with Crippen molar-refractivity contribution in [3.05, 3.63) is 125 Å². The zero-order valence-corrected chi connectivity index (χ0v) is 21.0. The van der Waals surface area contributed by atoms with Gasteiger partial charge < -0.3 is 5.11 Å². The molecule has 2 heterocycles. The molecule has 3 aromatic carbocycles. The fraction of sp³-hybridized carbons (Fsp3) is 0.0714. The lowest BCUT2D eigenvalue weighted by Gasteiger charge is -2.23. The summed E-state index contributed by atoms with van der Waals surface area (Å²) >= 11 is 2.66. The van der Waals surface area contributed by atoms with Crippen LogP contribution in [0.1, 0.15) is 22.7 Å². The summed E-state index contributed by atoms with van der Waals surface area (Å²) in [6.07, 6.45) is 2.93. The SMILES string of the molecule is O=C(/C=C/c1ccccc1)C1=C(O)C(=O)N(c2nnc(SCc3ccccc3)s2)C1c1ccc(F)cc1. The zero-order valence-electron chi connectivity index (χ0n) is 19.3. The monoisotopic (exact) mass is 529 g/mol. The number of carbonyl (C=O) groups is 2. The molecule has 1 aromatic heterocycles. The molecular formula is C28H20FN3O3S2. The molecule has 184 valence electrons.